The SMILES string of the molecule is CCN(C)Cn1nc(CO)n(C2CC2)c1=S. The van der Waals surface area contributed by atoms with Crippen LogP contribution >= 0.6 is 12.2 Å². The van der Waals surface area contributed by atoms with E-state index in [9.17, 15) is 5.11 Å². The van der Waals surface area contributed by atoms with Gasteiger partial charge in [-0.3, -0.25) is 9.47 Å². The molecule has 0 radical (unpaired) electrons. The van der Waals surface area contributed by atoms with Gasteiger partial charge in [0.1, 0.15) is 6.61 Å². The fraction of sp³-hybridized carbons (Fsp3) is 0.800. The van der Waals surface area contributed by atoms with Gasteiger partial charge in [-0.1, -0.05) is 6.92 Å². The number of aliphatic hydroxyl groups excluding tert-OH is 1. The van der Waals surface area contributed by atoms with Crippen molar-refractivity contribution in [3.63, 3.8) is 0 Å². The number of hydrogen-bond donors (Lipinski definition) is 1. The Morgan fingerprint density at radius 2 is 2.25 bits per heavy atom. The fourth-order valence-corrected chi connectivity index (χ4v) is 2.05. The minimum atomic E-state index is -0.0387. The zero-order valence-electron chi connectivity index (χ0n) is 9.76. The minimum absolute atomic E-state index is 0.0387. The number of aromatic nitrogens is 3. The Labute approximate surface area is 100 Å². The highest BCUT2D eigenvalue weighted by atomic mass is 32.1. The zero-order chi connectivity index (χ0) is 11.7. The molecule has 5 nitrogen and oxygen atoms in total. The summed E-state index contributed by atoms with van der Waals surface area (Å²) in [5.41, 5.74) is 0. The van der Waals surface area contributed by atoms with E-state index in [0.29, 0.717) is 18.5 Å². The summed E-state index contributed by atoms with van der Waals surface area (Å²) in [7, 11) is 2.02. The molecule has 0 bridgehead atoms. The second-order valence-corrected chi connectivity index (χ2v) is 4.64. The van der Waals surface area contributed by atoms with Gasteiger partial charge < -0.3 is 5.11 Å². The molecule has 0 aliphatic heterocycles. The van der Waals surface area contributed by atoms with Crippen LogP contribution in [0, 0.1) is 4.77 Å². The van der Waals surface area contributed by atoms with E-state index in [2.05, 4.69) is 16.9 Å². The van der Waals surface area contributed by atoms with Gasteiger partial charge in [-0.25, -0.2) is 4.68 Å². The molecular weight excluding hydrogens is 224 g/mol. The van der Waals surface area contributed by atoms with Gasteiger partial charge in [0.2, 0.25) is 0 Å². The monoisotopic (exact) mass is 242 g/mol. The van der Waals surface area contributed by atoms with Crippen molar-refractivity contribution in [2.75, 3.05) is 13.6 Å². The van der Waals surface area contributed by atoms with Crippen molar-refractivity contribution in [3.05, 3.63) is 10.6 Å². The third-order valence-corrected chi connectivity index (χ3v) is 3.32. The molecule has 2 rings (SSSR count). The molecule has 1 aliphatic rings. The molecule has 0 atom stereocenters. The Hall–Kier alpha value is -0.720. The van der Waals surface area contributed by atoms with Crippen LogP contribution in [0.15, 0.2) is 0 Å². The van der Waals surface area contributed by atoms with Crippen LogP contribution in [0.1, 0.15) is 31.6 Å². The highest BCUT2D eigenvalue weighted by Crippen LogP contribution is 2.36. The molecule has 1 fully saturated rings. The van der Waals surface area contributed by atoms with Crippen LogP contribution in [-0.4, -0.2) is 37.9 Å². The normalized spacial score (nSPS) is 16.0. The maximum atomic E-state index is 9.27. The van der Waals surface area contributed by atoms with Crippen LogP contribution in [0.3, 0.4) is 0 Å². The van der Waals surface area contributed by atoms with Gasteiger partial charge >= 0.3 is 0 Å². The molecule has 1 aromatic heterocycles. The topological polar surface area (TPSA) is 46.2 Å². The Morgan fingerprint density at radius 3 is 2.75 bits per heavy atom. The van der Waals surface area contributed by atoms with Crippen molar-refractivity contribution < 1.29 is 5.11 Å². The van der Waals surface area contributed by atoms with E-state index in [0.717, 1.165) is 24.2 Å². The predicted molar refractivity (Wildman–Crippen MR) is 63.5 cm³/mol. The number of nitrogens with zero attached hydrogens (tertiary/aromatic N) is 4. The molecule has 16 heavy (non-hydrogen) atoms. The van der Waals surface area contributed by atoms with Gasteiger partial charge in [0, 0.05) is 6.04 Å². The predicted octanol–water partition coefficient (Wildman–Crippen LogP) is 1.15. The van der Waals surface area contributed by atoms with E-state index >= 15 is 0 Å². The van der Waals surface area contributed by atoms with Gasteiger partial charge in [-0.15, -0.1) is 0 Å². The second-order valence-electron chi connectivity index (χ2n) is 4.27. The standard InChI is InChI=1S/C10H18N4OS/c1-3-12(2)7-13-10(16)14(8-4-5-8)9(6-15)11-13/h8,15H,3-7H2,1-2H3. The molecule has 0 aromatic carbocycles. The molecule has 0 saturated heterocycles. The second kappa shape index (κ2) is 4.65. The lowest BCUT2D eigenvalue weighted by molar-refractivity contribution is 0.252. The summed E-state index contributed by atoms with van der Waals surface area (Å²) in [6.45, 7) is 3.69. The lowest BCUT2D eigenvalue weighted by atomic mass is 10.6. The van der Waals surface area contributed by atoms with Crippen molar-refractivity contribution in [2.24, 2.45) is 0 Å². The first-order chi connectivity index (χ1) is 7.67. The quantitative estimate of drug-likeness (QED) is 0.787. The Morgan fingerprint density at radius 1 is 1.56 bits per heavy atom. The molecule has 1 saturated carbocycles. The van der Waals surface area contributed by atoms with E-state index < -0.39 is 0 Å². The van der Waals surface area contributed by atoms with Gasteiger partial charge in [0.05, 0.1) is 6.67 Å². The third-order valence-electron chi connectivity index (χ3n) is 2.91. The molecule has 1 aromatic rings. The molecule has 0 amide bonds. The summed E-state index contributed by atoms with van der Waals surface area (Å²) in [5, 5.41) is 13.6. The molecule has 0 unspecified atom stereocenters. The average Bonchev–Trinajstić information content (AvgIpc) is 3.06. The molecule has 1 aliphatic carbocycles. The van der Waals surface area contributed by atoms with Crippen molar-refractivity contribution in [1.29, 1.82) is 0 Å². The van der Waals surface area contributed by atoms with Crippen molar-refractivity contribution in [2.45, 2.75) is 39.1 Å². The van der Waals surface area contributed by atoms with Crippen LogP contribution in [0.5, 0.6) is 0 Å². The smallest absolute Gasteiger partial charge is 0.199 e. The molecule has 6 heteroatoms. The first-order valence-corrected chi connectivity index (χ1v) is 6.05. The molecule has 1 N–H and O–H groups in total. The van der Waals surface area contributed by atoms with Gasteiger partial charge in [-0.2, -0.15) is 5.10 Å². The van der Waals surface area contributed by atoms with Crippen LogP contribution < -0.4 is 0 Å². The Kier molecular flexibility index (Phi) is 3.41. The van der Waals surface area contributed by atoms with Crippen molar-refractivity contribution >= 4 is 12.2 Å². The largest absolute Gasteiger partial charge is 0.388 e. The summed E-state index contributed by atoms with van der Waals surface area (Å²) in [5.74, 6) is 0.692. The Bertz CT molecular complexity index is 421. The van der Waals surface area contributed by atoms with Crippen LogP contribution in [0.2, 0.25) is 0 Å². The Balaban J connectivity index is 2.29. The summed E-state index contributed by atoms with van der Waals surface area (Å²) in [6.07, 6.45) is 2.30. The van der Waals surface area contributed by atoms with Gasteiger partial charge in [0.15, 0.2) is 10.6 Å². The van der Waals surface area contributed by atoms with E-state index in [-0.39, 0.29) is 6.61 Å². The van der Waals surface area contributed by atoms with E-state index in [1.165, 1.54) is 0 Å². The first-order valence-electron chi connectivity index (χ1n) is 5.65. The van der Waals surface area contributed by atoms with Crippen LogP contribution in [0.25, 0.3) is 0 Å². The summed E-state index contributed by atoms with van der Waals surface area (Å²) >= 11 is 5.39. The lowest BCUT2D eigenvalue weighted by Gasteiger charge is -2.12. The van der Waals surface area contributed by atoms with Gasteiger partial charge in [0.25, 0.3) is 0 Å². The van der Waals surface area contributed by atoms with Crippen LogP contribution in [-0.2, 0) is 13.3 Å². The van der Waals surface area contributed by atoms with Crippen molar-refractivity contribution in [1.82, 2.24) is 19.2 Å². The van der Waals surface area contributed by atoms with E-state index in [4.69, 9.17) is 12.2 Å². The average molecular weight is 242 g/mol. The van der Waals surface area contributed by atoms with Gasteiger partial charge in [-0.05, 0) is 38.7 Å². The maximum absolute atomic E-state index is 9.27. The van der Waals surface area contributed by atoms with E-state index in [1.807, 2.05) is 11.6 Å². The zero-order valence-corrected chi connectivity index (χ0v) is 10.6. The summed E-state index contributed by atoms with van der Waals surface area (Å²) in [6, 6.07) is 0.468. The van der Waals surface area contributed by atoms with E-state index in [1.54, 1.807) is 4.68 Å². The lowest BCUT2D eigenvalue weighted by Crippen LogP contribution is -2.22. The molecular formula is C10H18N4OS. The minimum Gasteiger partial charge on any atom is -0.388 e. The molecule has 0 spiro atoms. The van der Waals surface area contributed by atoms with Crippen LogP contribution in [0.4, 0.5) is 0 Å². The number of aliphatic hydroxyl groups is 1. The first kappa shape index (κ1) is 11.8. The fourth-order valence-electron chi connectivity index (χ4n) is 1.69. The summed E-state index contributed by atoms with van der Waals surface area (Å²) in [4.78, 5) is 2.13. The van der Waals surface area contributed by atoms with Crippen molar-refractivity contribution in [3.8, 4) is 0 Å². The molecule has 1 heterocycles. The highest BCUT2D eigenvalue weighted by Gasteiger charge is 2.28. The summed E-state index contributed by atoms with van der Waals surface area (Å²) < 4.78 is 4.52. The number of rotatable bonds is 5. The molecule has 90 valence electrons. The highest BCUT2D eigenvalue weighted by molar-refractivity contribution is 7.71. The number of hydrogen-bond acceptors (Lipinski definition) is 4. The maximum Gasteiger partial charge on any atom is 0.199 e. The third kappa shape index (κ3) is 2.18.